The Morgan fingerprint density at radius 3 is 2.54 bits per heavy atom. The standard InChI is InChI=1S/C18H18FN3O2/c1-11-3-4-13(10-20)9-16(11)22-18(24)21-12(2)17(23)14-5-7-15(19)8-6-14/h3-9,12,17,23H,1-2H3,(H2,21,22,24). The van der Waals surface area contributed by atoms with Gasteiger partial charge in [-0.2, -0.15) is 5.26 Å². The van der Waals surface area contributed by atoms with Gasteiger partial charge in [-0.05, 0) is 49.2 Å². The summed E-state index contributed by atoms with van der Waals surface area (Å²) < 4.78 is 12.9. The first-order valence-corrected chi connectivity index (χ1v) is 7.42. The second kappa shape index (κ2) is 7.57. The van der Waals surface area contributed by atoms with E-state index in [9.17, 15) is 14.3 Å². The third-order valence-electron chi connectivity index (χ3n) is 3.66. The summed E-state index contributed by atoms with van der Waals surface area (Å²) in [4.78, 5) is 12.1. The molecule has 0 spiro atoms. The van der Waals surface area contributed by atoms with Crippen LogP contribution in [-0.2, 0) is 0 Å². The molecule has 0 bridgehead atoms. The molecule has 2 atom stereocenters. The zero-order chi connectivity index (χ0) is 17.7. The normalized spacial score (nSPS) is 12.8. The second-order valence-corrected chi connectivity index (χ2v) is 5.53. The van der Waals surface area contributed by atoms with Crippen molar-refractivity contribution >= 4 is 11.7 Å². The van der Waals surface area contributed by atoms with Crippen molar-refractivity contribution in [2.75, 3.05) is 5.32 Å². The lowest BCUT2D eigenvalue weighted by Crippen LogP contribution is -2.39. The summed E-state index contributed by atoms with van der Waals surface area (Å²) in [5, 5.41) is 24.4. The number of amides is 2. The van der Waals surface area contributed by atoms with Gasteiger partial charge in [0.25, 0.3) is 0 Å². The van der Waals surface area contributed by atoms with Gasteiger partial charge in [-0.15, -0.1) is 0 Å². The smallest absolute Gasteiger partial charge is 0.319 e. The number of nitriles is 1. The molecule has 0 radical (unpaired) electrons. The molecule has 2 unspecified atom stereocenters. The minimum Gasteiger partial charge on any atom is -0.386 e. The van der Waals surface area contributed by atoms with Crippen molar-refractivity contribution in [3.63, 3.8) is 0 Å². The van der Waals surface area contributed by atoms with E-state index < -0.39 is 24.0 Å². The number of aryl methyl sites for hydroxylation is 1. The molecule has 2 aromatic carbocycles. The highest BCUT2D eigenvalue weighted by atomic mass is 19.1. The quantitative estimate of drug-likeness (QED) is 0.806. The molecule has 5 nitrogen and oxygen atoms in total. The van der Waals surface area contributed by atoms with E-state index in [0.717, 1.165) is 5.56 Å². The zero-order valence-corrected chi connectivity index (χ0v) is 13.4. The number of anilines is 1. The van der Waals surface area contributed by atoms with Gasteiger partial charge in [0.05, 0.1) is 23.8 Å². The summed E-state index contributed by atoms with van der Waals surface area (Å²) >= 11 is 0. The van der Waals surface area contributed by atoms with E-state index in [1.54, 1.807) is 25.1 Å². The highest BCUT2D eigenvalue weighted by Gasteiger charge is 2.18. The van der Waals surface area contributed by atoms with Crippen molar-refractivity contribution in [3.05, 3.63) is 65.0 Å². The minimum absolute atomic E-state index is 0.392. The number of carbonyl (C=O) groups excluding carboxylic acids is 1. The van der Waals surface area contributed by atoms with E-state index in [1.807, 2.05) is 13.0 Å². The van der Waals surface area contributed by atoms with Crippen LogP contribution in [0, 0.1) is 24.1 Å². The Morgan fingerprint density at radius 1 is 1.25 bits per heavy atom. The Bertz CT molecular complexity index is 769. The number of aliphatic hydroxyl groups is 1. The van der Waals surface area contributed by atoms with Crippen molar-refractivity contribution in [2.45, 2.75) is 26.0 Å². The molecule has 0 saturated carbocycles. The number of carbonyl (C=O) groups is 1. The average Bonchev–Trinajstić information content (AvgIpc) is 2.56. The van der Waals surface area contributed by atoms with Gasteiger partial charge >= 0.3 is 6.03 Å². The van der Waals surface area contributed by atoms with Gasteiger partial charge in [0.1, 0.15) is 5.82 Å². The van der Waals surface area contributed by atoms with Gasteiger partial charge in [-0.3, -0.25) is 0 Å². The molecular weight excluding hydrogens is 309 g/mol. The Labute approximate surface area is 139 Å². The number of hydrogen-bond donors (Lipinski definition) is 3. The SMILES string of the molecule is Cc1ccc(C#N)cc1NC(=O)NC(C)C(O)c1ccc(F)cc1. The van der Waals surface area contributed by atoms with Gasteiger partial charge in [0.2, 0.25) is 0 Å². The Hall–Kier alpha value is -2.91. The molecule has 0 aliphatic rings. The molecular formula is C18H18FN3O2. The molecule has 0 aliphatic heterocycles. The minimum atomic E-state index is -0.970. The van der Waals surface area contributed by atoms with E-state index in [0.29, 0.717) is 16.8 Å². The van der Waals surface area contributed by atoms with Crippen molar-refractivity contribution < 1.29 is 14.3 Å². The van der Waals surface area contributed by atoms with Crippen LogP contribution in [-0.4, -0.2) is 17.2 Å². The number of benzene rings is 2. The van der Waals surface area contributed by atoms with Gasteiger partial charge < -0.3 is 15.7 Å². The van der Waals surface area contributed by atoms with Crippen molar-refractivity contribution in [1.82, 2.24) is 5.32 Å². The number of rotatable bonds is 4. The van der Waals surface area contributed by atoms with Crippen LogP contribution in [0.1, 0.15) is 29.7 Å². The van der Waals surface area contributed by atoms with Crippen LogP contribution in [0.5, 0.6) is 0 Å². The summed E-state index contributed by atoms with van der Waals surface area (Å²) in [5.41, 5.74) is 2.29. The van der Waals surface area contributed by atoms with Gasteiger partial charge in [0, 0.05) is 5.69 Å². The molecule has 0 fully saturated rings. The number of aliphatic hydroxyl groups excluding tert-OH is 1. The van der Waals surface area contributed by atoms with Gasteiger partial charge in [-0.1, -0.05) is 18.2 Å². The Kier molecular flexibility index (Phi) is 5.51. The topological polar surface area (TPSA) is 85.2 Å². The average molecular weight is 327 g/mol. The van der Waals surface area contributed by atoms with Crippen LogP contribution >= 0.6 is 0 Å². The van der Waals surface area contributed by atoms with Crippen LogP contribution in [0.3, 0.4) is 0 Å². The molecule has 0 aliphatic carbocycles. The molecule has 2 rings (SSSR count). The molecule has 124 valence electrons. The fourth-order valence-electron chi connectivity index (χ4n) is 2.22. The first-order chi connectivity index (χ1) is 11.4. The Morgan fingerprint density at radius 2 is 1.92 bits per heavy atom. The molecule has 0 saturated heterocycles. The van der Waals surface area contributed by atoms with E-state index >= 15 is 0 Å². The summed E-state index contributed by atoms with van der Waals surface area (Å²) in [6.07, 6.45) is -0.970. The monoisotopic (exact) mass is 327 g/mol. The maximum absolute atomic E-state index is 12.9. The second-order valence-electron chi connectivity index (χ2n) is 5.53. The molecule has 24 heavy (non-hydrogen) atoms. The van der Waals surface area contributed by atoms with Crippen LogP contribution in [0.25, 0.3) is 0 Å². The van der Waals surface area contributed by atoms with Crippen molar-refractivity contribution in [3.8, 4) is 6.07 Å². The third-order valence-corrected chi connectivity index (χ3v) is 3.66. The van der Waals surface area contributed by atoms with E-state index in [2.05, 4.69) is 10.6 Å². The number of nitrogens with one attached hydrogen (secondary N) is 2. The van der Waals surface area contributed by atoms with Crippen LogP contribution in [0.15, 0.2) is 42.5 Å². The fraction of sp³-hybridized carbons (Fsp3) is 0.222. The fourth-order valence-corrected chi connectivity index (χ4v) is 2.22. The van der Waals surface area contributed by atoms with E-state index in [4.69, 9.17) is 5.26 Å². The van der Waals surface area contributed by atoms with Crippen molar-refractivity contribution in [2.24, 2.45) is 0 Å². The predicted molar refractivity (Wildman–Crippen MR) is 88.9 cm³/mol. The van der Waals surface area contributed by atoms with E-state index in [-0.39, 0.29) is 0 Å². The van der Waals surface area contributed by atoms with Gasteiger partial charge in [-0.25, -0.2) is 9.18 Å². The van der Waals surface area contributed by atoms with E-state index in [1.165, 1.54) is 24.3 Å². The number of urea groups is 1. The first-order valence-electron chi connectivity index (χ1n) is 7.42. The van der Waals surface area contributed by atoms with Gasteiger partial charge in [0.15, 0.2) is 0 Å². The number of halogens is 1. The lowest BCUT2D eigenvalue weighted by molar-refractivity contribution is 0.139. The third kappa shape index (κ3) is 4.31. The zero-order valence-electron chi connectivity index (χ0n) is 13.4. The first kappa shape index (κ1) is 17.4. The molecule has 6 heteroatoms. The largest absolute Gasteiger partial charge is 0.386 e. The predicted octanol–water partition coefficient (Wildman–Crippen LogP) is 3.25. The van der Waals surface area contributed by atoms with Crippen LogP contribution in [0.4, 0.5) is 14.9 Å². The molecule has 0 aromatic heterocycles. The van der Waals surface area contributed by atoms with Crippen molar-refractivity contribution in [1.29, 1.82) is 5.26 Å². The summed E-state index contributed by atoms with van der Waals surface area (Å²) in [6, 6.07) is 11.4. The maximum Gasteiger partial charge on any atom is 0.319 e. The highest BCUT2D eigenvalue weighted by molar-refractivity contribution is 5.90. The number of hydrogen-bond acceptors (Lipinski definition) is 3. The molecule has 3 N–H and O–H groups in total. The molecule has 2 aromatic rings. The number of nitrogens with zero attached hydrogens (tertiary/aromatic N) is 1. The lowest BCUT2D eigenvalue weighted by atomic mass is 10.0. The van der Waals surface area contributed by atoms with Crippen LogP contribution in [0.2, 0.25) is 0 Å². The summed E-state index contributed by atoms with van der Waals surface area (Å²) in [5.74, 6) is -0.392. The highest BCUT2D eigenvalue weighted by Crippen LogP contribution is 2.19. The summed E-state index contributed by atoms with van der Waals surface area (Å²) in [7, 11) is 0. The molecule has 0 heterocycles. The maximum atomic E-state index is 12.9. The summed E-state index contributed by atoms with van der Waals surface area (Å²) in [6.45, 7) is 3.46. The lowest BCUT2D eigenvalue weighted by Gasteiger charge is -2.21. The Balaban J connectivity index is 2.01. The van der Waals surface area contributed by atoms with Crippen LogP contribution < -0.4 is 10.6 Å². The molecule has 2 amide bonds.